The van der Waals surface area contributed by atoms with E-state index in [-0.39, 0.29) is 0 Å². The van der Waals surface area contributed by atoms with Crippen LogP contribution in [0.25, 0.3) is 0 Å². The van der Waals surface area contributed by atoms with Crippen molar-refractivity contribution in [3.8, 4) is 5.75 Å². The molecule has 4 nitrogen and oxygen atoms in total. The van der Waals surface area contributed by atoms with Gasteiger partial charge in [0.2, 0.25) is 0 Å². The molecule has 1 aromatic carbocycles. The minimum Gasteiger partial charge on any atom is -0.497 e. The van der Waals surface area contributed by atoms with Crippen LogP contribution in [0.4, 0.5) is 0 Å². The Morgan fingerprint density at radius 3 is 2.50 bits per heavy atom. The van der Waals surface area contributed by atoms with Crippen molar-refractivity contribution >= 4 is 17.7 Å². The van der Waals surface area contributed by atoms with Crippen molar-refractivity contribution in [2.24, 2.45) is 4.99 Å². The van der Waals surface area contributed by atoms with E-state index in [9.17, 15) is 0 Å². The quantitative estimate of drug-likeness (QED) is 0.438. The number of nitrogens with zero attached hydrogens (tertiary/aromatic N) is 1. The van der Waals surface area contributed by atoms with E-state index in [0.29, 0.717) is 0 Å². The SMILES string of the molecule is CN=C(NCCCSC)NCCc1ccc(OC)cc1. The largest absolute Gasteiger partial charge is 0.497 e. The highest BCUT2D eigenvalue weighted by Crippen LogP contribution is 2.11. The van der Waals surface area contributed by atoms with Crippen LogP contribution >= 0.6 is 11.8 Å². The van der Waals surface area contributed by atoms with E-state index in [2.05, 4.69) is 34.0 Å². The van der Waals surface area contributed by atoms with E-state index in [1.54, 1.807) is 14.2 Å². The first-order valence-electron chi connectivity index (χ1n) is 6.86. The van der Waals surface area contributed by atoms with E-state index in [0.717, 1.165) is 37.6 Å². The van der Waals surface area contributed by atoms with Gasteiger partial charge in [-0.3, -0.25) is 4.99 Å². The number of thioether (sulfide) groups is 1. The fourth-order valence-corrected chi connectivity index (χ4v) is 2.19. The summed E-state index contributed by atoms with van der Waals surface area (Å²) in [5, 5.41) is 6.64. The third kappa shape index (κ3) is 6.70. The Morgan fingerprint density at radius 1 is 1.20 bits per heavy atom. The maximum atomic E-state index is 5.15. The molecule has 1 rings (SSSR count). The zero-order valence-corrected chi connectivity index (χ0v) is 13.4. The standard InChI is InChI=1S/C15H25N3OS/c1-16-15(17-10-4-12-20-3)18-11-9-13-5-7-14(19-2)8-6-13/h5-8H,4,9-12H2,1-3H3,(H2,16,17,18). The zero-order valence-electron chi connectivity index (χ0n) is 12.6. The Labute approximate surface area is 126 Å². The molecule has 2 N–H and O–H groups in total. The van der Waals surface area contributed by atoms with Crippen molar-refractivity contribution in [1.29, 1.82) is 0 Å². The number of hydrogen-bond donors (Lipinski definition) is 2. The van der Waals surface area contributed by atoms with Gasteiger partial charge in [-0.25, -0.2) is 0 Å². The molecule has 0 fully saturated rings. The lowest BCUT2D eigenvalue weighted by Gasteiger charge is -2.11. The Hall–Kier alpha value is -1.36. The van der Waals surface area contributed by atoms with Gasteiger partial charge in [-0.1, -0.05) is 12.1 Å². The van der Waals surface area contributed by atoms with E-state index in [1.165, 1.54) is 11.3 Å². The zero-order chi connectivity index (χ0) is 14.6. The first kappa shape index (κ1) is 16.7. The normalized spacial score (nSPS) is 11.2. The van der Waals surface area contributed by atoms with E-state index in [1.807, 2.05) is 23.9 Å². The van der Waals surface area contributed by atoms with Crippen molar-refractivity contribution < 1.29 is 4.74 Å². The Bertz CT molecular complexity index is 393. The molecular formula is C15H25N3OS. The molecule has 0 saturated heterocycles. The summed E-state index contributed by atoms with van der Waals surface area (Å²) in [6.45, 7) is 1.83. The van der Waals surface area contributed by atoms with Crippen LogP contribution in [-0.4, -0.2) is 45.2 Å². The van der Waals surface area contributed by atoms with Gasteiger partial charge in [-0.15, -0.1) is 0 Å². The van der Waals surface area contributed by atoms with Gasteiger partial charge in [0.15, 0.2) is 5.96 Å². The molecule has 0 atom stereocenters. The molecule has 5 heteroatoms. The molecule has 0 aliphatic heterocycles. The van der Waals surface area contributed by atoms with Gasteiger partial charge in [-0.2, -0.15) is 11.8 Å². The van der Waals surface area contributed by atoms with Gasteiger partial charge in [-0.05, 0) is 42.5 Å². The molecule has 0 aliphatic rings. The molecule has 0 amide bonds. The summed E-state index contributed by atoms with van der Waals surface area (Å²) in [5.41, 5.74) is 1.29. The van der Waals surface area contributed by atoms with Gasteiger partial charge < -0.3 is 15.4 Å². The minimum absolute atomic E-state index is 0.870. The molecular weight excluding hydrogens is 270 g/mol. The lowest BCUT2D eigenvalue weighted by atomic mass is 10.1. The summed E-state index contributed by atoms with van der Waals surface area (Å²) >= 11 is 1.87. The Kier molecular flexibility index (Phi) is 8.71. The molecule has 0 aromatic heterocycles. The number of aliphatic imine (C=N–C) groups is 1. The molecule has 112 valence electrons. The molecule has 0 bridgehead atoms. The lowest BCUT2D eigenvalue weighted by molar-refractivity contribution is 0.414. The first-order chi connectivity index (χ1) is 9.80. The second-order valence-corrected chi connectivity index (χ2v) is 5.36. The Morgan fingerprint density at radius 2 is 1.90 bits per heavy atom. The number of nitrogens with one attached hydrogen (secondary N) is 2. The van der Waals surface area contributed by atoms with Crippen LogP contribution in [0.1, 0.15) is 12.0 Å². The number of hydrogen-bond acceptors (Lipinski definition) is 3. The predicted molar refractivity (Wildman–Crippen MR) is 89.1 cm³/mol. The summed E-state index contributed by atoms with van der Waals surface area (Å²) in [5.74, 6) is 2.95. The molecule has 20 heavy (non-hydrogen) atoms. The summed E-state index contributed by atoms with van der Waals surface area (Å²) in [4.78, 5) is 4.21. The van der Waals surface area contributed by atoms with Gasteiger partial charge >= 0.3 is 0 Å². The second-order valence-electron chi connectivity index (χ2n) is 4.37. The van der Waals surface area contributed by atoms with Crippen LogP contribution in [0.5, 0.6) is 5.75 Å². The summed E-state index contributed by atoms with van der Waals surface area (Å²) in [7, 11) is 3.49. The van der Waals surface area contributed by atoms with Crippen LogP contribution in [0.15, 0.2) is 29.3 Å². The monoisotopic (exact) mass is 295 g/mol. The highest BCUT2D eigenvalue weighted by Gasteiger charge is 1.98. The number of methoxy groups -OCH3 is 1. The molecule has 0 aliphatic carbocycles. The highest BCUT2D eigenvalue weighted by atomic mass is 32.2. The first-order valence-corrected chi connectivity index (χ1v) is 8.26. The predicted octanol–water partition coefficient (Wildman–Crippen LogP) is 2.16. The van der Waals surface area contributed by atoms with E-state index in [4.69, 9.17) is 4.74 Å². The molecule has 0 saturated carbocycles. The molecule has 0 unspecified atom stereocenters. The number of benzene rings is 1. The summed E-state index contributed by atoms with van der Waals surface area (Å²) in [6.07, 6.45) is 4.25. The molecule has 0 spiro atoms. The van der Waals surface area contributed by atoms with Gasteiger partial charge in [0, 0.05) is 20.1 Å². The lowest BCUT2D eigenvalue weighted by Crippen LogP contribution is -2.38. The van der Waals surface area contributed by atoms with E-state index >= 15 is 0 Å². The number of ether oxygens (including phenoxy) is 1. The maximum absolute atomic E-state index is 5.15. The van der Waals surface area contributed by atoms with Crippen LogP contribution < -0.4 is 15.4 Å². The number of rotatable bonds is 8. The smallest absolute Gasteiger partial charge is 0.190 e. The van der Waals surface area contributed by atoms with Crippen molar-refractivity contribution in [3.63, 3.8) is 0 Å². The molecule has 1 aromatic rings. The molecule has 0 radical (unpaired) electrons. The fourth-order valence-electron chi connectivity index (χ4n) is 1.76. The van der Waals surface area contributed by atoms with Crippen LogP contribution in [0.2, 0.25) is 0 Å². The fraction of sp³-hybridized carbons (Fsp3) is 0.533. The minimum atomic E-state index is 0.870. The molecule has 0 heterocycles. The van der Waals surface area contributed by atoms with Crippen molar-refractivity contribution in [1.82, 2.24) is 10.6 Å². The van der Waals surface area contributed by atoms with Crippen LogP contribution in [0, 0.1) is 0 Å². The van der Waals surface area contributed by atoms with Crippen LogP contribution in [-0.2, 0) is 6.42 Å². The van der Waals surface area contributed by atoms with Crippen molar-refractivity contribution in [2.45, 2.75) is 12.8 Å². The third-order valence-electron chi connectivity index (χ3n) is 2.91. The third-order valence-corrected chi connectivity index (χ3v) is 3.60. The average Bonchev–Trinajstić information content (AvgIpc) is 2.50. The van der Waals surface area contributed by atoms with Gasteiger partial charge in [0.05, 0.1) is 7.11 Å². The summed E-state index contributed by atoms with van der Waals surface area (Å²) < 4.78 is 5.15. The van der Waals surface area contributed by atoms with Crippen molar-refractivity contribution in [3.05, 3.63) is 29.8 Å². The summed E-state index contributed by atoms with van der Waals surface area (Å²) in [6, 6.07) is 8.17. The maximum Gasteiger partial charge on any atom is 0.190 e. The average molecular weight is 295 g/mol. The highest BCUT2D eigenvalue weighted by molar-refractivity contribution is 7.98. The van der Waals surface area contributed by atoms with Crippen molar-refractivity contribution in [2.75, 3.05) is 39.3 Å². The topological polar surface area (TPSA) is 45.7 Å². The Balaban J connectivity index is 2.23. The van der Waals surface area contributed by atoms with Crippen LogP contribution in [0.3, 0.4) is 0 Å². The second kappa shape index (κ2) is 10.4. The number of guanidine groups is 1. The van der Waals surface area contributed by atoms with E-state index < -0.39 is 0 Å². The van der Waals surface area contributed by atoms with Gasteiger partial charge in [0.25, 0.3) is 0 Å². The van der Waals surface area contributed by atoms with Gasteiger partial charge in [0.1, 0.15) is 5.75 Å².